The van der Waals surface area contributed by atoms with Gasteiger partial charge in [-0.1, -0.05) is 30.3 Å². The number of nitrogens with one attached hydrogen (secondary N) is 1. The maximum atomic E-state index is 14.9. The van der Waals surface area contributed by atoms with E-state index in [2.05, 4.69) is 20.3 Å². The lowest BCUT2D eigenvalue weighted by atomic mass is 9.99. The number of H-pyrrole nitrogens is 1. The maximum Gasteiger partial charge on any atom is 0.258 e. The number of hydrogen-bond donors (Lipinski definition) is 1. The SMILES string of the molecule is O=C(c1ccc(F)cc1)N(c1ccccc1)C1CCN(Cc2cc(-c3ccc4n[nH]nc4c3)ccc2F)CC1. The fraction of sp³-hybridized carbons (Fsp3) is 0.194. The molecule has 1 fully saturated rings. The number of halogens is 2. The van der Waals surface area contributed by atoms with Gasteiger partial charge < -0.3 is 4.90 Å². The summed E-state index contributed by atoms with van der Waals surface area (Å²) in [6.45, 7) is 1.92. The third-order valence-corrected chi connectivity index (χ3v) is 7.36. The average molecular weight is 524 g/mol. The number of hydrogen-bond acceptors (Lipinski definition) is 4. The van der Waals surface area contributed by atoms with Crippen molar-refractivity contribution < 1.29 is 13.6 Å². The number of carbonyl (C=O) groups excluding carboxylic acids is 1. The lowest BCUT2D eigenvalue weighted by Crippen LogP contribution is -2.47. The largest absolute Gasteiger partial charge is 0.305 e. The molecule has 196 valence electrons. The highest BCUT2D eigenvalue weighted by Gasteiger charge is 2.30. The third kappa shape index (κ3) is 5.28. The second kappa shape index (κ2) is 10.7. The van der Waals surface area contributed by atoms with Crippen LogP contribution < -0.4 is 4.90 Å². The van der Waals surface area contributed by atoms with Gasteiger partial charge >= 0.3 is 0 Å². The second-order valence-corrected chi connectivity index (χ2v) is 9.86. The van der Waals surface area contributed by atoms with E-state index in [1.165, 1.54) is 30.3 Å². The molecule has 0 radical (unpaired) electrons. The highest BCUT2D eigenvalue weighted by molar-refractivity contribution is 6.06. The van der Waals surface area contributed by atoms with Gasteiger partial charge in [-0.15, -0.1) is 0 Å². The second-order valence-electron chi connectivity index (χ2n) is 9.86. The number of likely N-dealkylation sites (tertiary alicyclic amines) is 1. The number of nitrogens with zero attached hydrogens (tertiary/aromatic N) is 4. The van der Waals surface area contributed by atoms with Crippen LogP contribution in [0.2, 0.25) is 0 Å². The standard InChI is InChI=1S/C31H27F2N5O/c32-25-10-6-21(7-11-25)31(39)38(26-4-2-1-3-5-26)27-14-16-37(17-15-27)20-24-18-22(8-12-28(24)33)23-9-13-29-30(19-23)35-36-34-29/h1-13,18-19,27H,14-17,20H2,(H,34,35,36). The normalized spacial score (nSPS) is 14.5. The van der Waals surface area contributed by atoms with Crippen LogP contribution in [0.15, 0.2) is 91.0 Å². The Balaban J connectivity index is 1.18. The molecule has 0 aliphatic carbocycles. The minimum atomic E-state index is -0.374. The molecule has 5 aromatic rings. The van der Waals surface area contributed by atoms with Crippen molar-refractivity contribution in [1.29, 1.82) is 0 Å². The average Bonchev–Trinajstić information content (AvgIpc) is 3.44. The Bertz CT molecular complexity index is 1590. The summed E-state index contributed by atoms with van der Waals surface area (Å²) < 4.78 is 28.3. The zero-order valence-corrected chi connectivity index (χ0v) is 21.2. The molecular formula is C31H27F2N5O. The van der Waals surface area contributed by atoms with Crippen LogP contribution in [0.5, 0.6) is 0 Å². The first-order chi connectivity index (χ1) is 19.0. The van der Waals surface area contributed by atoms with Gasteiger partial charge in [0, 0.05) is 42.5 Å². The van der Waals surface area contributed by atoms with Gasteiger partial charge in [-0.2, -0.15) is 15.4 Å². The molecule has 4 aromatic carbocycles. The summed E-state index contributed by atoms with van der Waals surface area (Å²) in [6, 6.07) is 26.2. The molecule has 1 N–H and O–H groups in total. The molecule has 0 spiro atoms. The molecule has 6 rings (SSSR count). The Morgan fingerprint density at radius 3 is 2.31 bits per heavy atom. The van der Waals surface area contributed by atoms with Crippen LogP contribution >= 0.6 is 0 Å². The Hall–Kier alpha value is -4.43. The van der Waals surface area contributed by atoms with Gasteiger partial charge in [0.25, 0.3) is 5.91 Å². The van der Waals surface area contributed by atoms with Gasteiger partial charge in [-0.05, 0) is 84.6 Å². The lowest BCUT2D eigenvalue weighted by Gasteiger charge is -2.38. The predicted molar refractivity (Wildman–Crippen MR) is 147 cm³/mol. The zero-order chi connectivity index (χ0) is 26.8. The molecule has 0 atom stereocenters. The van der Waals surface area contributed by atoms with Crippen molar-refractivity contribution in [3.63, 3.8) is 0 Å². The maximum absolute atomic E-state index is 14.9. The summed E-state index contributed by atoms with van der Waals surface area (Å²) in [5.41, 5.74) is 5.32. The first kappa shape index (κ1) is 24.9. The van der Waals surface area contributed by atoms with Gasteiger partial charge in [0.05, 0.1) is 0 Å². The van der Waals surface area contributed by atoms with E-state index < -0.39 is 0 Å². The molecule has 1 aliphatic heterocycles. The van der Waals surface area contributed by atoms with E-state index in [4.69, 9.17) is 0 Å². The number of rotatable bonds is 6. The van der Waals surface area contributed by atoms with Crippen molar-refractivity contribution >= 4 is 22.6 Å². The third-order valence-electron chi connectivity index (χ3n) is 7.36. The van der Waals surface area contributed by atoms with Gasteiger partial charge in [-0.25, -0.2) is 8.78 Å². The topological polar surface area (TPSA) is 65.1 Å². The first-order valence-electron chi connectivity index (χ1n) is 13.0. The van der Waals surface area contributed by atoms with Crippen LogP contribution in [0.1, 0.15) is 28.8 Å². The van der Waals surface area contributed by atoms with Crippen LogP contribution in [-0.2, 0) is 6.54 Å². The summed E-state index contributed by atoms with van der Waals surface area (Å²) in [7, 11) is 0. The minimum Gasteiger partial charge on any atom is -0.305 e. The number of aromatic amines is 1. The van der Waals surface area contributed by atoms with E-state index in [0.29, 0.717) is 17.7 Å². The van der Waals surface area contributed by atoms with Crippen molar-refractivity contribution in [3.8, 4) is 11.1 Å². The van der Waals surface area contributed by atoms with Crippen LogP contribution in [-0.4, -0.2) is 45.3 Å². The molecule has 0 unspecified atom stereocenters. The Labute approximate surface area is 224 Å². The van der Waals surface area contributed by atoms with E-state index in [-0.39, 0.29) is 23.6 Å². The van der Waals surface area contributed by atoms with Crippen LogP contribution in [0, 0.1) is 11.6 Å². The smallest absolute Gasteiger partial charge is 0.258 e. The van der Waals surface area contributed by atoms with E-state index in [1.807, 2.05) is 59.5 Å². The van der Waals surface area contributed by atoms with Crippen molar-refractivity contribution in [2.24, 2.45) is 0 Å². The molecule has 1 aliphatic rings. The summed E-state index contributed by atoms with van der Waals surface area (Å²) in [5.74, 6) is -0.760. The van der Waals surface area contributed by atoms with Gasteiger partial charge in [0.15, 0.2) is 0 Å². The molecular weight excluding hydrogens is 496 g/mol. The van der Waals surface area contributed by atoms with Crippen molar-refractivity contribution in [1.82, 2.24) is 20.3 Å². The van der Waals surface area contributed by atoms with Crippen LogP contribution in [0.4, 0.5) is 14.5 Å². The molecule has 0 saturated carbocycles. The monoisotopic (exact) mass is 523 g/mol. The molecule has 39 heavy (non-hydrogen) atoms. The quantitative estimate of drug-likeness (QED) is 0.287. The molecule has 6 nitrogen and oxygen atoms in total. The van der Waals surface area contributed by atoms with Gasteiger partial charge in [0.1, 0.15) is 22.7 Å². The van der Waals surface area contributed by atoms with E-state index >= 15 is 0 Å². The van der Waals surface area contributed by atoms with Crippen LogP contribution in [0.3, 0.4) is 0 Å². The van der Waals surface area contributed by atoms with Gasteiger partial charge in [-0.3, -0.25) is 9.69 Å². The predicted octanol–water partition coefficient (Wildman–Crippen LogP) is 6.21. The molecule has 1 saturated heterocycles. The van der Waals surface area contributed by atoms with E-state index in [1.54, 1.807) is 6.07 Å². The molecule has 2 heterocycles. The number of anilines is 1. The van der Waals surface area contributed by atoms with Crippen molar-refractivity contribution in [3.05, 3.63) is 114 Å². The highest BCUT2D eigenvalue weighted by Crippen LogP contribution is 2.29. The Morgan fingerprint density at radius 2 is 1.54 bits per heavy atom. The summed E-state index contributed by atoms with van der Waals surface area (Å²) in [4.78, 5) is 17.6. The number of amides is 1. The van der Waals surface area contributed by atoms with Crippen LogP contribution in [0.25, 0.3) is 22.2 Å². The van der Waals surface area contributed by atoms with E-state index in [0.717, 1.165) is 53.8 Å². The zero-order valence-electron chi connectivity index (χ0n) is 21.2. The number of aromatic nitrogens is 3. The minimum absolute atomic E-state index is 0.0217. The molecule has 1 amide bonds. The number of benzene rings is 4. The Kier molecular flexibility index (Phi) is 6.85. The molecule has 0 bridgehead atoms. The number of carbonyl (C=O) groups is 1. The van der Waals surface area contributed by atoms with E-state index in [9.17, 15) is 13.6 Å². The lowest BCUT2D eigenvalue weighted by molar-refractivity contribution is 0.0958. The van der Waals surface area contributed by atoms with Gasteiger partial charge in [0.2, 0.25) is 0 Å². The van der Waals surface area contributed by atoms with Crippen molar-refractivity contribution in [2.45, 2.75) is 25.4 Å². The number of piperidine rings is 1. The highest BCUT2D eigenvalue weighted by atomic mass is 19.1. The first-order valence-corrected chi connectivity index (χ1v) is 13.0. The fourth-order valence-corrected chi connectivity index (χ4v) is 5.29. The number of fused-ring (bicyclic) bond motifs is 1. The Morgan fingerprint density at radius 1 is 0.846 bits per heavy atom. The molecule has 1 aromatic heterocycles. The number of para-hydroxylation sites is 1. The summed E-state index contributed by atoms with van der Waals surface area (Å²) >= 11 is 0. The van der Waals surface area contributed by atoms with Crippen molar-refractivity contribution in [2.75, 3.05) is 18.0 Å². The fourth-order valence-electron chi connectivity index (χ4n) is 5.29. The molecule has 8 heteroatoms. The summed E-state index contributed by atoms with van der Waals surface area (Å²) in [6.07, 6.45) is 1.48. The summed E-state index contributed by atoms with van der Waals surface area (Å²) in [5, 5.41) is 10.9.